The summed E-state index contributed by atoms with van der Waals surface area (Å²) in [5, 5.41) is 0. The molecule has 1 aliphatic carbocycles. The number of hydrogen-bond acceptors (Lipinski definition) is 4. The van der Waals surface area contributed by atoms with Crippen LogP contribution in [0.4, 0.5) is 0 Å². The average molecular weight is 282 g/mol. The standard InChI is InChI=1S/C13H12ClNO4/c1-2-19-13(18)9-7-8-10(16)3-4-11(17)12(8)15(9)6-5-14/h3-4,7H,2,5-6H2,1H3. The summed E-state index contributed by atoms with van der Waals surface area (Å²) in [6, 6.07) is 1.39. The first kappa shape index (κ1) is 13.5. The molecule has 0 amide bonds. The summed E-state index contributed by atoms with van der Waals surface area (Å²) in [7, 11) is 0. The Kier molecular flexibility index (Phi) is 3.85. The fraction of sp³-hybridized carbons (Fsp3) is 0.308. The SMILES string of the molecule is CCOC(=O)c1cc2c(n1CCCl)C(=O)C=CC2=O. The molecule has 0 bridgehead atoms. The van der Waals surface area contributed by atoms with Gasteiger partial charge in [0.25, 0.3) is 0 Å². The van der Waals surface area contributed by atoms with Gasteiger partial charge in [-0.1, -0.05) is 0 Å². The molecule has 0 fully saturated rings. The molecule has 0 spiro atoms. The van der Waals surface area contributed by atoms with Crippen LogP contribution >= 0.6 is 11.6 Å². The molecule has 0 atom stereocenters. The highest BCUT2D eigenvalue weighted by molar-refractivity contribution is 6.22. The molecule has 2 rings (SSSR count). The van der Waals surface area contributed by atoms with Gasteiger partial charge in [-0.05, 0) is 25.1 Å². The maximum absolute atomic E-state index is 11.9. The van der Waals surface area contributed by atoms with Gasteiger partial charge in [-0.25, -0.2) is 4.79 Å². The first-order valence-corrected chi connectivity index (χ1v) is 6.37. The van der Waals surface area contributed by atoms with E-state index in [1.807, 2.05) is 0 Å². The van der Waals surface area contributed by atoms with Crippen molar-refractivity contribution in [1.29, 1.82) is 0 Å². The quantitative estimate of drug-likeness (QED) is 0.624. The number of ketones is 2. The summed E-state index contributed by atoms with van der Waals surface area (Å²) < 4.78 is 6.37. The Morgan fingerprint density at radius 2 is 2.00 bits per heavy atom. The lowest BCUT2D eigenvalue weighted by molar-refractivity contribution is 0.0514. The summed E-state index contributed by atoms with van der Waals surface area (Å²) in [4.78, 5) is 35.5. The number of allylic oxidation sites excluding steroid dienone is 2. The van der Waals surface area contributed by atoms with Gasteiger partial charge in [-0.3, -0.25) is 9.59 Å². The van der Waals surface area contributed by atoms with E-state index in [1.165, 1.54) is 22.8 Å². The van der Waals surface area contributed by atoms with Gasteiger partial charge in [0.2, 0.25) is 5.78 Å². The van der Waals surface area contributed by atoms with Crippen LogP contribution in [-0.2, 0) is 11.3 Å². The molecule has 0 radical (unpaired) electrons. The van der Waals surface area contributed by atoms with Crippen molar-refractivity contribution in [1.82, 2.24) is 4.57 Å². The molecule has 1 aromatic rings. The van der Waals surface area contributed by atoms with Crippen molar-refractivity contribution in [3.8, 4) is 0 Å². The van der Waals surface area contributed by atoms with Crippen LogP contribution in [0.5, 0.6) is 0 Å². The third-order valence-electron chi connectivity index (χ3n) is 2.77. The lowest BCUT2D eigenvalue weighted by atomic mass is 10.0. The van der Waals surface area contributed by atoms with Crippen LogP contribution in [0.15, 0.2) is 18.2 Å². The first-order chi connectivity index (χ1) is 9.10. The fourth-order valence-electron chi connectivity index (χ4n) is 2.01. The minimum atomic E-state index is -0.567. The van der Waals surface area contributed by atoms with Crippen LogP contribution < -0.4 is 0 Å². The highest BCUT2D eigenvalue weighted by Crippen LogP contribution is 2.23. The normalized spacial score (nSPS) is 13.6. The van der Waals surface area contributed by atoms with Crippen LogP contribution in [0.3, 0.4) is 0 Å². The van der Waals surface area contributed by atoms with E-state index in [0.717, 1.165) is 0 Å². The van der Waals surface area contributed by atoms with Gasteiger partial charge in [0.15, 0.2) is 5.78 Å². The number of fused-ring (bicyclic) bond motifs is 1. The smallest absolute Gasteiger partial charge is 0.354 e. The Balaban J connectivity index is 2.57. The van der Waals surface area contributed by atoms with Crippen LogP contribution in [0.2, 0.25) is 0 Å². The van der Waals surface area contributed by atoms with Gasteiger partial charge >= 0.3 is 5.97 Å². The van der Waals surface area contributed by atoms with E-state index >= 15 is 0 Å². The lowest BCUT2D eigenvalue weighted by Crippen LogP contribution is -2.19. The van der Waals surface area contributed by atoms with E-state index < -0.39 is 5.97 Å². The Morgan fingerprint density at radius 1 is 1.32 bits per heavy atom. The van der Waals surface area contributed by atoms with Crippen molar-refractivity contribution >= 4 is 29.1 Å². The van der Waals surface area contributed by atoms with E-state index in [2.05, 4.69) is 0 Å². The summed E-state index contributed by atoms with van der Waals surface area (Å²) in [6.07, 6.45) is 2.40. The van der Waals surface area contributed by atoms with Gasteiger partial charge in [0, 0.05) is 12.4 Å². The molecule has 0 saturated heterocycles. The molecule has 0 aliphatic heterocycles. The zero-order valence-corrected chi connectivity index (χ0v) is 11.1. The number of ether oxygens (including phenoxy) is 1. The number of esters is 1. The van der Waals surface area contributed by atoms with Gasteiger partial charge in [-0.15, -0.1) is 11.6 Å². The van der Waals surface area contributed by atoms with Crippen LogP contribution in [0.1, 0.15) is 38.3 Å². The van der Waals surface area contributed by atoms with E-state index in [4.69, 9.17) is 16.3 Å². The van der Waals surface area contributed by atoms with Crippen molar-refractivity contribution in [3.63, 3.8) is 0 Å². The maximum Gasteiger partial charge on any atom is 0.354 e. The molecule has 1 aromatic heterocycles. The van der Waals surface area contributed by atoms with Crippen molar-refractivity contribution in [2.45, 2.75) is 13.5 Å². The number of aromatic nitrogens is 1. The number of halogens is 1. The van der Waals surface area contributed by atoms with E-state index in [-0.39, 0.29) is 47.5 Å². The number of alkyl halides is 1. The summed E-state index contributed by atoms with van der Waals surface area (Å²) in [5.74, 6) is -0.954. The van der Waals surface area contributed by atoms with E-state index in [1.54, 1.807) is 6.92 Å². The Hall–Kier alpha value is -1.88. The van der Waals surface area contributed by atoms with Crippen molar-refractivity contribution < 1.29 is 19.1 Å². The number of nitrogens with zero attached hydrogens (tertiary/aromatic N) is 1. The van der Waals surface area contributed by atoms with Crippen molar-refractivity contribution in [2.75, 3.05) is 12.5 Å². The third kappa shape index (κ3) is 2.33. The molecule has 6 heteroatoms. The average Bonchev–Trinajstić information content (AvgIpc) is 2.76. The van der Waals surface area contributed by atoms with E-state index in [9.17, 15) is 14.4 Å². The summed E-state index contributed by atoms with van der Waals surface area (Å²) in [5.41, 5.74) is 0.606. The maximum atomic E-state index is 11.9. The Bertz CT molecular complexity index is 586. The number of carbonyl (C=O) groups is 3. The molecule has 1 heterocycles. The minimum Gasteiger partial charge on any atom is -0.461 e. The highest BCUT2D eigenvalue weighted by atomic mass is 35.5. The second kappa shape index (κ2) is 5.40. The molecule has 0 aromatic carbocycles. The van der Waals surface area contributed by atoms with Gasteiger partial charge in [0.1, 0.15) is 11.4 Å². The molecular formula is C13H12ClNO4. The first-order valence-electron chi connectivity index (χ1n) is 5.83. The molecule has 0 N–H and O–H groups in total. The van der Waals surface area contributed by atoms with Crippen LogP contribution in [0.25, 0.3) is 0 Å². The molecule has 100 valence electrons. The number of hydrogen-bond donors (Lipinski definition) is 0. The Labute approximate surface area is 114 Å². The predicted octanol–water partition coefficient (Wildman–Crippen LogP) is 1.84. The lowest BCUT2D eigenvalue weighted by Gasteiger charge is -2.11. The van der Waals surface area contributed by atoms with Crippen LogP contribution in [0, 0.1) is 0 Å². The van der Waals surface area contributed by atoms with Crippen molar-refractivity contribution in [3.05, 3.63) is 35.2 Å². The molecule has 0 saturated carbocycles. The van der Waals surface area contributed by atoms with Crippen molar-refractivity contribution in [2.24, 2.45) is 0 Å². The highest BCUT2D eigenvalue weighted by Gasteiger charge is 2.28. The van der Waals surface area contributed by atoms with Crippen LogP contribution in [-0.4, -0.2) is 34.6 Å². The van der Waals surface area contributed by atoms with E-state index in [0.29, 0.717) is 0 Å². The molecular weight excluding hydrogens is 270 g/mol. The largest absolute Gasteiger partial charge is 0.461 e. The second-order valence-electron chi connectivity index (χ2n) is 3.91. The Morgan fingerprint density at radius 3 is 2.63 bits per heavy atom. The predicted molar refractivity (Wildman–Crippen MR) is 68.9 cm³/mol. The summed E-state index contributed by atoms with van der Waals surface area (Å²) >= 11 is 5.69. The number of rotatable bonds is 4. The topological polar surface area (TPSA) is 65.4 Å². The minimum absolute atomic E-state index is 0.179. The molecule has 0 unspecified atom stereocenters. The van der Waals surface area contributed by atoms with Gasteiger partial charge < -0.3 is 9.30 Å². The molecule has 5 nitrogen and oxygen atoms in total. The summed E-state index contributed by atoms with van der Waals surface area (Å²) in [6.45, 7) is 2.16. The number of carbonyl (C=O) groups excluding carboxylic acids is 3. The third-order valence-corrected chi connectivity index (χ3v) is 2.94. The molecule has 1 aliphatic rings. The molecule has 19 heavy (non-hydrogen) atoms. The van der Waals surface area contributed by atoms with Gasteiger partial charge in [0.05, 0.1) is 12.2 Å². The monoisotopic (exact) mass is 281 g/mol. The zero-order valence-electron chi connectivity index (χ0n) is 10.3. The van der Waals surface area contributed by atoms with Gasteiger partial charge in [-0.2, -0.15) is 0 Å². The zero-order chi connectivity index (χ0) is 14.0. The second-order valence-corrected chi connectivity index (χ2v) is 4.29. The fourth-order valence-corrected chi connectivity index (χ4v) is 2.18.